The van der Waals surface area contributed by atoms with Gasteiger partial charge in [-0.25, -0.2) is 9.50 Å². The molecule has 2 saturated heterocycles. The number of hydrogen-bond donors (Lipinski definition) is 1. The van der Waals surface area contributed by atoms with Crippen molar-refractivity contribution in [3.8, 4) is 11.3 Å². The van der Waals surface area contributed by atoms with E-state index in [0.29, 0.717) is 0 Å². The van der Waals surface area contributed by atoms with Crippen LogP contribution in [0.3, 0.4) is 0 Å². The minimum atomic E-state index is -0.519. The number of rotatable bonds is 4. The molecule has 3 aromatic rings. The number of piperidine rings is 2. The molecule has 162 valence electrons. The Morgan fingerprint density at radius 1 is 1.06 bits per heavy atom. The van der Waals surface area contributed by atoms with Crippen LogP contribution in [-0.4, -0.2) is 57.1 Å². The molecule has 2 N–H and O–H groups in total. The van der Waals surface area contributed by atoms with Gasteiger partial charge in [0.15, 0.2) is 5.82 Å². The van der Waals surface area contributed by atoms with Gasteiger partial charge in [-0.15, -0.1) is 0 Å². The Kier molecular flexibility index (Phi) is 5.14. The Hall–Kier alpha value is -2.93. The molecule has 2 fully saturated rings. The van der Waals surface area contributed by atoms with E-state index in [1.165, 1.54) is 12.0 Å². The van der Waals surface area contributed by atoms with Crippen LogP contribution in [0.1, 0.15) is 37.7 Å². The molecule has 7 nitrogen and oxygen atoms in total. The number of likely N-dealkylation sites (tertiary alicyclic amines) is 1. The molecule has 1 aromatic carbocycles. The Morgan fingerprint density at radius 3 is 2.52 bits per heavy atom. The SMILES string of the molecule is Cc1ccccc1-c1cc2c(N3CCC(C(N)=O)(N4CCCCC4)CC3)nccn2n1. The minimum absolute atomic E-state index is 0.175. The van der Waals surface area contributed by atoms with Crippen LogP contribution in [0.25, 0.3) is 16.8 Å². The first-order valence-electron chi connectivity index (χ1n) is 11.3. The number of amides is 1. The number of primary amides is 1. The second kappa shape index (κ2) is 7.96. The fraction of sp³-hybridized carbons (Fsp3) is 0.458. The fourth-order valence-electron chi connectivity index (χ4n) is 5.27. The summed E-state index contributed by atoms with van der Waals surface area (Å²) in [7, 11) is 0. The van der Waals surface area contributed by atoms with Crippen LogP contribution in [0.4, 0.5) is 5.82 Å². The van der Waals surface area contributed by atoms with E-state index in [-0.39, 0.29) is 5.91 Å². The molecule has 1 amide bonds. The zero-order valence-corrected chi connectivity index (χ0v) is 18.1. The van der Waals surface area contributed by atoms with Gasteiger partial charge in [0, 0.05) is 31.0 Å². The maximum Gasteiger partial charge on any atom is 0.238 e. The number of anilines is 1. The van der Waals surface area contributed by atoms with Crippen LogP contribution in [-0.2, 0) is 4.79 Å². The van der Waals surface area contributed by atoms with E-state index in [9.17, 15) is 4.79 Å². The minimum Gasteiger partial charge on any atom is -0.368 e. The van der Waals surface area contributed by atoms with Gasteiger partial charge in [-0.3, -0.25) is 9.69 Å². The Morgan fingerprint density at radius 2 is 1.81 bits per heavy atom. The molecular weight excluding hydrogens is 388 g/mol. The van der Waals surface area contributed by atoms with Crippen molar-refractivity contribution in [3.63, 3.8) is 0 Å². The van der Waals surface area contributed by atoms with E-state index < -0.39 is 5.54 Å². The summed E-state index contributed by atoms with van der Waals surface area (Å²) in [6.07, 6.45) is 8.72. The number of fused-ring (bicyclic) bond motifs is 1. The molecule has 5 rings (SSSR count). The van der Waals surface area contributed by atoms with Crippen molar-refractivity contribution in [1.82, 2.24) is 19.5 Å². The first-order valence-corrected chi connectivity index (χ1v) is 11.3. The molecule has 0 saturated carbocycles. The number of nitrogens with zero attached hydrogens (tertiary/aromatic N) is 5. The van der Waals surface area contributed by atoms with Gasteiger partial charge in [0.25, 0.3) is 0 Å². The largest absolute Gasteiger partial charge is 0.368 e. The average molecular weight is 419 g/mol. The van der Waals surface area contributed by atoms with Gasteiger partial charge in [-0.05, 0) is 57.3 Å². The number of carbonyl (C=O) groups excluding carboxylic acids is 1. The highest BCUT2D eigenvalue weighted by Crippen LogP contribution is 2.34. The van der Waals surface area contributed by atoms with Crippen molar-refractivity contribution in [1.29, 1.82) is 0 Å². The summed E-state index contributed by atoms with van der Waals surface area (Å²) in [5, 5.41) is 4.80. The number of carbonyl (C=O) groups is 1. The summed E-state index contributed by atoms with van der Waals surface area (Å²) in [6, 6.07) is 10.4. The second-order valence-electron chi connectivity index (χ2n) is 8.86. The third kappa shape index (κ3) is 3.47. The van der Waals surface area contributed by atoms with Crippen molar-refractivity contribution < 1.29 is 4.79 Å². The Bertz CT molecular complexity index is 1090. The van der Waals surface area contributed by atoms with E-state index >= 15 is 0 Å². The zero-order valence-electron chi connectivity index (χ0n) is 18.1. The first kappa shape index (κ1) is 20.0. The summed E-state index contributed by atoms with van der Waals surface area (Å²) < 4.78 is 1.91. The monoisotopic (exact) mass is 418 g/mol. The lowest BCUT2D eigenvalue weighted by Gasteiger charge is -2.48. The number of aryl methyl sites for hydroxylation is 1. The third-order valence-electron chi connectivity index (χ3n) is 7.10. The predicted molar refractivity (Wildman–Crippen MR) is 122 cm³/mol. The van der Waals surface area contributed by atoms with Gasteiger partial charge in [0.2, 0.25) is 5.91 Å². The lowest BCUT2D eigenvalue weighted by molar-refractivity contribution is -0.132. The lowest BCUT2D eigenvalue weighted by atomic mass is 9.83. The third-order valence-corrected chi connectivity index (χ3v) is 7.10. The lowest BCUT2D eigenvalue weighted by Crippen LogP contribution is -2.63. The highest BCUT2D eigenvalue weighted by molar-refractivity contribution is 5.85. The molecule has 4 heterocycles. The summed E-state index contributed by atoms with van der Waals surface area (Å²) in [5.74, 6) is 0.748. The van der Waals surface area contributed by atoms with E-state index in [4.69, 9.17) is 15.8 Å². The molecule has 2 aliphatic rings. The second-order valence-corrected chi connectivity index (χ2v) is 8.86. The van der Waals surface area contributed by atoms with Crippen molar-refractivity contribution in [3.05, 3.63) is 48.3 Å². The molecule has 2 aromatic heterocycles. The fourth-order valence-corrected chi connectivity index (χ4v) is 5.27. The summed E-state index contributed by atoms with van der Waals surface area (Å²) >= 11 is 0. The van der Waals surface area contributed by atoms with E-state index in [0.717, 1.165) is 74.5 Å². The van der Waals surface area contributed by atoms with E-state index in [2.05, 4.69) is 34.9 Å². The maximum absolute atomic E-state index is 12.6. The summed E-state index contributed by atoms with van der Waals surface area (Å²) in [6.45, 7) is 5.57. The molecular formula is C24H30N6O. The molecule has 0 atom stereocenters. The van der Waals surface area contributed by atoms with Crippen LogP contribution in [0, 0.1) is 6.92 Å². The molecule has 0 unspecified atom stereocenters. The number of aromatic nitrogens is 3. The van der Waals surface area contributed by atoms with Gasteiger partial charge in [-0.1, -0.05) is 30.7 Å². The molecule has 0 bridgehead atoms. The smallest absolute Gasteiger partial charge is 0.238 e. The quantitative estimate of drug-likeness (QED) is 0.705. The standard InChI is InChI=1S/C24H30N6O/c1-18-7-3-4-8-19(18)20-17-21-22(26-11-16-30(21)27-20)28-14-9-24(10-15-28,23(25)31)29-12-5-2-6-13-29/h3-4,7-8,11,16-17H,2,5-6,9-10,12-15H2,1H3,(H2,25,31). The van der Waals surface area contributed by atoms with Gasteiger partial charge in [-0.2, -0.15) is 5.10 Å². The number of benzene rings is 1. The summed E-state index contributed by atoms with van der Waals surface area (Å²) in [5.41, 5.74) is 9.71. The maximum atomic E-state index is 12.6. The van der Waals surface area contributed by atoms with Gasteiger partial charge in [0.05, 0.1) is 5.69 Å². The highest BCUT2D eigenvalue weighted by Gasteiger charge is 2.45. The Labute approximate surface area is 182 Å². The van der Waals surface area contributed by atoms with Crippen molar-refractivity contribution >= 4 is 17.2 Å². The highest BCUT2D eigenvalue weighted by atomic mass is 16.1. The van der Waals surface area contributed by atoms with E-state index in [1.807, 2.05) is 22.8 Å². The molecule has 0 spiro atoms. The zero-order chi connectivity index (χ0) is 21.4. The van der Waals surface area contributed by atoms with Crippen LogP contribution in [0.15, 0.2) is 42.7 Å². The normalized spacial score (nSPS) is 19.6. The van der Waals surface area contributed by atoms with Crippen molar-refractivity contribution in [2.45, 2.75) is 44.6 Å². The van der Waals surface area contributed by atoms with Crippen LogP contribution >= 0.6 is 0 Å². The van der Waals surface area contributed by atoms with Crippen molar-refractivity contribution in [2.75, 3.05) is 31.1 Å². The average Bonchev–Trinajstić information content (AvgIpc) is 3.24. The van der Waals surface area contributed by atoms with Crippen LogP contribution in [0.2, 0.25) is 0 Å². The van der Waals surface area contributed by atoms with Crippen LogP contribution in [0.5, 0.6) is 0 Å². The Balaban J connectivity index is 1.43. The molecule has 31 heavy (non-hydrogen) atoms. The van der Waals surface area contributed by atoms with Crippen molar-refractivity contribution in [2.24, 2.45) is 5.73 Å². The molecule has 7 heteroatoms. The van der Waals surface area contributed by atoms with Gasteiger partial charge in [0.1, 0.15) is 11.1 Å². The first-order chi connectivity index (χ1) is 15.1. The summed E-state index contributed by atoms with van der Waals surface area (Å²) in [4.78, 5) is 21.9. The van der Waals surface area contributed by atoms with Crippen LogP contribution < -0.4 is 10.6 Å². The van der Waals surface area contributed by atoms with Gasteiger partial charge >= 0.3 is 0 Å². The topological polar surface area (TPSA) is 79.8 Å². The van der Waals surface area contributed by atoms with E-state index in [1.54, 1.807) is 6.20 Å². The van der Waals surface area contributed by atoms with Gasteiger partial charge < -0.3 is 10.6 Å². The number of hydrogen-bond acceptors (Lipinski definition) is 5. The molecule has 0 radical (unpaired) electrons. The molecule has 2 aliphatic heterocycles. The molecule has 0 aliphatic carbocycles. The number of nitrogens with two attached hydrogens (primary N) is 1. The predicted octanol–water partition coefficient (Wildman–Crippen LogP) is 3.01.